The molecule has 1 aromatic carbocycles. The molecule has 0 saturated carbocycles. The summed E-state index contributed by atoms with van der Waals surface area (Å²) in [5, 5.41) is 10.6. The van der Waals surface area contributed by atoms with Gasteiger partial charge in [0.15, 0.2) is 0 Å². The minimum Gasteiger partial charge on any atom is -0.497 e. The van der Waals surface area contributed by atoms with E-state index in [1.165, 1.54) is 0 Å². The van der Waals surface area contributed by atoms with Crippen LogP contribution in [0.1, 0.15) is 38.3 Å². The first-order valence-corrected chi connectivity index (χ1v) is 10.4. The largest absolute Gasteiger partial charge is 0.497 e. The van der Waals surface area contributed by atoms with E-state index >= 15 is 0 Å². The van der Waals surface area contributed by atoms with Gasteiger partial charge >= 0.3 is 6.09 Å². The van der Waals surface area contributed by atoms with Gasteiger partial charge in [-0.1, -0.05) is 0 Å². The minimum absolute atomic E-state index is 0.203. The second kappa shape index (κ2) is 7.77. The fourth-order valence-corrected chi connectivity index (χ4v) is 4.54. The first kappa shape index (κ1) is 20.4. The maximum absolute atomic E-state index is 12.5. The monoisotopic (exact) mass is 408 g/mol. The van der Waals surface area contributed by atoms with Crippen molar-refractivity contribution in [3.63, 3.8) is 0 Å². The molecule has 2 fully saturated rings. The van der Waals surface area contributed by atoms with Crippen LogP contribution >= 0.6 is 0 Å². The molecule has 7 nitrogen and oxygen atoms in total. The number of benzene rings is 1. The predicted octanol–water partition coefficient (Wildman–Crippen LogP) is 3.35. The molecule has 2 saturated heterocycles. The van der Waals surface area contributed by atoms with Crippen LogP contribution in [0.2, 0.25) is 0 Å². The third-order valence-corrected chi connectivity index (χ3v) is 5.94. The molecule has 2 unspecified atom stereocenters. The molecular weight excluding hydrogens is 380 g/mol. The van der Waals surface area contributed by atoms with Gasteiger partial charge in [-0.3, -0.25) is 9.88 Å². The molecule has 0 radical (unpaired) electrons. The topological polar surface area (TPSA) is 78.7 Å². The number of ether oxygens (including phenoxy) is 2. The molecule has 2 aliphatic heterocycles. The highest BCUT2D eigenvalue weighted by molar-refractivity contribution is 5.85. The SMILES string of the molecule is COc1ccc2ncc(C#N)c(CCN3CC4CC3CN4C(=O)OC(C)(C)C)c2c1. The number of piperazine rings is 1. The molecule has 1 aromatic heterocycles. The molecule has 30 heavy (non-hydrogen) atoms. The van der Waals surface area contributed by atoms with Crippen molar-refractivity contribution in [1.82, 2.24) is 14.8 Å². The Bertz CT molecular complexity index is 1010. The van der Waals surface area contributed by atoms with Crippen molar-refractivity contribution in [3.8, 4) is 11.8 Å². The van der Waals surface area contributed by atoms with E-state index in [9.17, 15) is 10.1 Å². The first-order chi connectivity index (χ1) is 14.3. The number of pyridine rings is 1. The van der Waals surface area contributed by atoms with E-state index in [-0.39, 0.29) is 12.1 Å². The number of amides is 1. The second-order valence-electron chi connectivity index (χ2n) is 9.07. The average molecular weight is 409 g/mol. The van der Waals surface area contributed by atoms with E-state index in [1.807, 2.05) is 43.9 Å². The number of likely N-dealkylation sites (tertiary alicyclic amines) is 2. The van der Waals surface area contributed by atoms with Crippen LogP contribution < -0.4 is 4.74 Å². The summed E-state index contributed by atoms with van der Waals surface area (Å²) in [6.45, 7) is 8.08. The van der Waals surface area contributed by atoms with Crippen molar-refractivity contribution in [2.45, 2.75) is 51.3 Å². The van der Waals surface area contributed by atoms with Crippen molar-refractivity contribution >= 4 is 17.0 Å². The quantitative estimate of drug-likeness (QED) is 0.772. The molecule has 2 aromatic rings. The van der Waals surface area contributed by atoms with Crippen LogP contribution in [-0.4, -0.2) is 65.3 Å². The van der Waals surface area contributed by atoms with Crippen LogP contribution in [0.5, 0.6) is 5.75 Å². The predicted molar refractivity (Wildman–Crippen MR) is 113 cm³/mol. The third-order valence-electron chi connectivity index (χ3n) is 5.94. The fraction of sp³-hybridized carbons (Fsp3) is 0.522. The number of rotatable bonds is 4. The van der Waals surface area contributed by atoms with Gasteiger partial charge in [0.1, 0.15) is 17.4 Å². The van der Waals surface area contributed by atoms with Gasteiger partial charge in [0.05, 0.1) is 18.2 Å². The Morgan fingerprint density at radius 3 is 2.73 bits per heavy atom. The summed E-state index contributed by atoms with van der Waals surface area (Å²) in [6.07, 6.45) is 3.18. The maximum Gasteiger partial charge on any atom is 0.410 e. The van der Waals surface area contributed by atoms with Gasteiger partial charge in [-0.15, -0.1) is 0 Å². The first-order valence-electron chi connectivity index (χ1n) is 10.4. The van der Waals surface area contributed by atoms with Crippen molar-refractivity contribution < 1.29 is 14.3 Å². The Balaban J connectivity index is 1.46. The van der Waals surface area contributed by atoms with E-state index in [1.54, 1.807) is 13.3 Å². The number of hydrogen-bond acceptors (Lipinski definition) is 6. The van der Waals surface area contributed by atoms with Crippen LogP contribution in [0.15, 0.2) is 24.4 Å². The lowest BCUT2D eigenvalue weighted by atomic mass is 10.0. The number of carbonyl (C=O) groups excluding carboxylic acids is 1. The number of fused-ring (bicyclic) bond motifs is 3. The Hall–Kier alpha value is -2.85. The van der Waals surface area contributed by atoms with E-state index in [2.05, 4.69) is 16.0 Å². The molecule has 158 valence electrons. The van der Waals surface area contributed by atoms with Crippen LogP contribution in [0.3, 0.4) is 0 Å². The molecule has 0 spiro atoms. The van der Waals surface area contributed by atoms with Crippen LogP contribution in [-0.2, 0) is 11.2 Å². The molecule has 4 rings (SSSR count). The summed E-state index contributed by atoms with van der Waals surface area (Å²) in [5.74, 6) is 0.758. The van der Waals surface area contributed by atoms with Gasteiger partial charge in [0, 0.05) is 43.3 Å². The Morgan fingerprint density at radius 2 is 2.10 bits per heavy atom. The second-order valence-corrected chi connectivity index (χ2v) is 9.07. The summed E-state index contributed by atoms with van der Waals surface area (Å²) >= 11 is 0. The van der Waals surface area contributed by atoms with E-state index < -0.39 is 5.60 Å². The Labute approximate surface area is 177 Å². The molecule has 0 aliphatic carbocycles. The molecule has 2 atom stereocenters. The van der Waals surface area contributed by atoms with Gasteiger partial charge in [-0.25, -0.2) is 4.79 Å². The van der Waals surface area contributed by atoms with Gasteiger partial charge in [0.2, 0.25) is 0 Å². The highest BCUT2D eigenvalue weighted by Crippen LogP contribution is 2.33. The molecule has 0 N–H and O–H groups in total. The smallest absolute Gasteiger partial charge is 0.410 e. The van der Waals surface area contributed by atoms with E-state index in [0.717, 1.165) is 48.1 Å². The standard InChI is InChI=1S/C23H28N4O3/c1-23(2,3)30-22(28)27-14-16-9-17(27)13-26(16)8-7-19-15(11-24)12-25-21-6-5-18(29-4)10-20(19)21/h5-6,10,12,16-17H,7-9,13-14H2,1-4H3. The number of aromatic nitrogens is 1. The van der Waals surface area contributed by atoms with Gasteiger partial charge in [-0.2, -0.15) is 5.26 Å². The highest BCUT2D eigenvalue weighted by atomic mass is 16.6. The van der Waals surface area contributed by atoms with Crippen LogP contribution in [0.25, 0.3) is 10.9 Å². The zero-order valence-electron chi connectivity index (χ0n) is 18.0. The van der Waals surface area contributed by atoms with Crippen LogP contribution in [0.4, 0.5) is 4.79 Å². The number of nitrogens with zero attached hydrogens (tertiary/aromatic N) is 4. The van der Waals surface area contributed by atoms with Gasteiger partial charge in [-0.05, 0) is 57.4 Å². The lowest BCUT2D eigenvalue weighted by molar-refractivity contribution is 0.0130. The summed E-state index contributed by atoms with van der Waals surface area (Å²) < 4.78 is 10.9. The molecule has 2 bridgehead atoms. The minimum atomic E-state index is -0.476. The Kier molecular flexibility index (Phi) is 5.29. The maximum atomic E-state index is 12.5. The number of methoxy groups -OCH3 is 1. The molecule has 7 heteroatoms. The molecule has 2 aliphatic rings. The van der Waals surface area contributed by atoms with Crippen LogP contribution in [0, 0.1) is 11.3 Å². The third kappa shape index (κ3) is 3.92. The van der Waals surface area contributed by atoms with Crippen molar-refractivity contribution in [3.05, 3.63) is 35.5 Å². The fourth-order valence-electron chi connectivity index (χ4n) is 4.54. The Morgan fingerprint density at radius 1 is 1.30 bits per heavy atom. The van der Waals surface area contributed by atoms with Crippen molar-refractivity contribution in [2.24, 2.45) is 0 Å². The van der Waals surface area contributed by atoms with Crippen molar-refractivity contribution in [1.29, 1.82) is 5.26 Å². The lowest BCUT2D eigenvalue weighted by Crippen LogP contribution is -2.50. The summed E-state index contributed by atoms with van der Waals surface area (Å²) in [6, 6.07) is 8.60. The summed E-state index contributed by atoms with van der Waals surface area (Å²) in [4.78, 5) is 21.2. The van der Waals surface area contributed by atoms with Gasteiger partial charge < -0.3 is 14.4 Å². The van der Waals surface area contributed by atoms with E-state index in [4.69, 9.17) is 9.47 Å². The molecule has 1 amide bonds. The number of carbonyl (C=O) groups is 1. The average Bonchev–Trinajstić information content (AvgIpc) is 3.30. The summed E-state index contributed by atoms with van der Waals surface area (Å²) in [7, 11) is 1.64. The van der Waals surface area contributed by atoms with Crippen molar-refractivity contribution in [2.75, 3.05) is 26.7 Å². The summed E-state index contributed by atoms with van der Waals surface area (Å²) in [5.41, 5.74) is 2.00. The zero-order valence-corrected chi connectivity index (χ0v) is 18.0. The highest BCUT2D eigenvalue weighted by Gasteiger charge is 2.46. The lowest BCUT2D eigenvalue weighted by Gasteiger charge is -2.35. The normalized spacial score (nSPS) is 21.1. The van der Waals surface area contributed by atoms with Gasteiger partial charge in [0.25, 0.3) is 0 Å². The number of hydrogen-bond donors (Lipinski definition) is 0. The molecular formula is C23H28N4O3. The zero-order chi connectivity index (χ0) is 21.5. The molecule has 3 heterocycles. The number of nitriles is 1. The van der Waals surface area contributed by atoms with E-state index in [0.29, 0.717) is 18.2 Å².